The highest BCUT2D eigenvalue weighted by molar-refractivity contribution is 7.92. The summed E-state index contributed by atoms with van der Waals surface area (Å²) in [4.78, 5) is 11.2. The van der Waals surface area contributed by atoms with Gasteiger partial charge in [0.05, 0.1) is 4.90 Å². The van der Waals surface area contributed by atoms with Crippen LogP contribution in [0.15, 0.2) is 47.4 Å². The zero-order chi connectivity index (χ0) is 16.3. The largest absolute Gasteiger partial charge is 0.326 e. The lowest BCUT2D eigenvalue weighted by molar-refractivity contribution is -0.114. The SMILES string of the molecule is CC(=O)Nc1ccc(C)c(S(=O)(=O)Nc2ccc(Cl)cc2)c1. The molecule has 0 aromatic heterocycles. The van der Waals surface area contributed by atoms with Crippen molar-refractivity contribution in [3.63, 3.8) is 0 Å². The van der Waals surface area contributed by atoms with E-state index in [-0.39, 0.29) is 10.8 Å². The first-order valence-corrected chi connectivity index (χ1v) is 8.31. The molecule has 0 saturated heterocycles. The molecule has 1 amide bonds. The minimum absolute atomic E-state index is 0.105. The van der Waals surface area contributed by atoms with E-state index in [4.69, 9.17) is 11.6 Å². The third-order valence-corrected chi connectivity index (χ3v) is 4.67. The zero-order valence-electron chi connectivity index (χ0n) is 12.1. The Bertz CT molecular complexity index is 802. The van der Waals surface area contributed by atoms with Crippen molar-refractivity contribution in [3.05, 3.63) is 53.1 Å². The molecule has 0 heterocycles. The number of benzene rings is 2. The van der Waals surface area contributed by atoms with Gasteiger partial charge in [-0.05, 0) is 48.9 Å². The Kier molecular flexibility index (Phi) is 4.73. The lowest BCUT2D eigenvalue weighted by atomic mass is 10.2. The quantitative estimate of drug-likeness (QED) is 0.897. The van der Waals surface area contributed by atoms with Crippen LogP contribution in [0.25, 0.3) is 0 Å². The molecular weight excluding hydrogens is 324 g/mol. The molecule has 116 valence electrons. The lowest BCUT2D eigenvalue weighted by Gasteiger charge is -2.12. The fourth-order valence-corrected chi connectivity index (χ4v) is 3.36. The highest BCUT2D eigenvalue weighted by Gasteiger charge is 2.18. The molecule has 2 N–H and O–H groups in total. The molecular formula is C15H15ClN2O3S. The molecule has 2 rings (SSSR count). The first kappa shape index (κ1) is 16.3. The van der Waals surface area contributed by atoms with Crippen LogP contribution >= 0.6 is 11.6 Å². The van der Waals surface area contributed by atoms with E-state index in [1.54, 1.807) is 43.3 Å². The maximum absolute atomic E-state index is 12.5. The molecule has 22 heavy (non-hydrogen) atoms. The van der Waals surface area contributed by atoms with Crippen molar-refractivity contribution in [2.24, 2.45) is 0 Å². The summed E-state index contributed by atoms with van der Waals surface area (Å²) in [7, 11) is -3.76. The average molecular weight is 339 g/mol. The monoisotopic (exact) mass is 338 g/mol. The predicted octanol–water partition coefficient (Wildman–Crippen LogP) is 3.41. The molecule has 0 atom stereocenters. The first-order chi connectivity index (χ1) is 10.3. The summed E-state index contributed by atoms with van der Waals surface area (Å²) >= 11 is 5.78. The minimum atomic E-state index is -3.76. The Balaban J connectivity index is 2.35. The third-order valence-electron chi connectivity index (χ3n) is 2.89. The van der Waals surface area contributed by atoms with Crippen LogP contribution in [0.2, 0.25) is 5.02 Å². The van der Waals surface area contributed by atoms with Gasteiger partial charge >= 0.3 is 0 Å². The predicted molar refractivity (Wildman–Crippen MR) is 87.7 cm³/mol. The van der Waals surface area contributed by atoms with Crippen molar-refractivity contribution >= 4 is 38.9 Å². The van der Waals surface area contributed by atoms with E-state index < -0.39 is 10.0 Å². The molecule has 0 spiro atoms. The Morgan fingerprint density at radius 3 is 2.23 bits per heavy atom. The second kappa shape index (κ2) is 6.37. The lowest BCUT2D eigenvalue weighted by Crippen LogP contribution is -2.15. The molecule has 0 saturated carbocycles. The fraction of sp³-hybridized carbons (Fsp3) is 0.133. The number of hydrogen-bond acceptors (Lipinski definition) is 3. The number of amides is 1. The van der Waals surface area contributed by atoms with E-state index >= 15 is 0 Å². The van der Waals surface area contributed by atoms with Gasteiger partial charge in [-0.2, -0.15) is 0 Å². The Morgan fingerprint density at radius 1 is 1.05 bits per heavy atom. The number of nitrogens with one attached hydrogen (secondary N) is 2. The average Bonchev–Trinajstić information content (AvgIpc) is 2.42. The Hall–Kier alpha value is -2.05. The van der Waals surface area contributed by atoms with Crippen molar-refractivity contribution in [2.45, 2.75) is 18.7 Å². The maximum Gasteiger partial charge on any atom is 0.262 e. The van der Waals surface area contributed by atoms with Crippen LogP contribution in [0.5, 0.6) is 0 Å². The molecule has 0 aliphatic heterocycles. The second-order valence-electron chi connectivity index (χ2n) is 4.77. The number of anilines is 2. The number of rotatable bonds is 4. The zero-order valence-corrected chi connectivity index (χ0v) is 13.6. The van der Waals surface area contributed by atoms with Gasteiger partial charge in [0.1, 0.15) is 0 Å². The first-order valence-electron chi connectivity index (χ1n) is 6.44. The molecule has 2 aromatic carbocycles. The van der Waals surface area contributed by atoms with Gasteiger partial charge in [-0.15, -0.1) is 0 Å². The molecule has 0 radical (unpaired) electrons. The number of aryl methyl sites for hydroxylation is 1. The van der Waals surface area contributed by atoms with Crippen LogP contribution in [0.3, 0.4) is 0 Å². The summed E-state index contributed by atoms with van der Waals surface area (Å²) in [5.74, 6) is -0.266. The van der Waals surface area contributed by atoms with Gasteiger partial charge < -0.3 is 5.32 Å². The number of hydrogen-bond donors (Lipinski definition) is 2. The topological polar surface area (TPSA) is 75.3 Å². The van der Waals surface area contributed by atoms with Crippen molar-refractivity contribution in [1.29, 1.82) is 0 Å². The summed E-state index contributed by atoms with van der Waals surface area (Å²) < 4.78 is 27.5. The van der Waals surface area contributed by atoms with Gasteiger partial charge in [0.15, 0.2) is 0 Å². The van der Waals surface area contributed by atoms with Crippen LogP contribution in [0.4, 0.5) is 11.4 Å². The standard InChI is InChI=1S/C15H15ClN2O3S/c1-10-3-6-14(17-11(2)19)9-15(10)22(20,21)18-13-7-4-12(16)5-8-13/h3-9,18H,1-2H3,(H,17,19). The molecule has 0 aliphatic rings. The highest BCUT2D eigenvalue weighted by atomic mass is 35.5. The summed E-state index contributed by atoms with van der Waals surface area (Å²) in [5.41, 5.74) is 1.42. The molecule has 7 heteroatoms. The van der Waals surface area contributed by atoms with Gasteiger partial charge in [-0.1, -0.05) is 17.7 Å². The van der Waals surface area contributed by atoms with Gasteiger partial charge in [0.2, 0.25) is 5.91 Å². The molecule has 0 bridgehead atoms. The van der Waals surface area contributed by atoms with E-state index in [1.807, 2.05) is 0 Å². The van der Waals surface area contributed by atoms with Crippen LogP contribution < -0.4 is 10.0 Å². The van der Waals surface area contributed by atoms with Crippen LogP contribution in [0.1, 0.15) is 12.5 Å². The molecule has 0 fully saturated rings. The molecule has 0 unspecified atom stereocenters. The number of sulfonamides is 1. The van der Waals surface area contributed by atoms with Gasteiger partial charge in [0, 0.05) is 23.3 Å². The normalized spacial score (nSPS) is 11.0. The highest BCUT2D eigenvalue weighted by Crippen LogP contribution is 2.23. The van der Waals surface area contributed by atoms with Crippen LogP contribution in [-0.4, -0.2) is 14.3 Å². The van der Waals surface area contributed by atoms with E-state index in [0.717, 1.165) is 0 Å². The second-order valence-corrected chi connectivity index (χ2v) is 6.86. The van der Waals surface area contributed by atoms with Gasteiger partial charge in [-0.25, -0.2) is 8.42 Å². The smallest absolute Gasteiger partial charge is 0.262 e. The van der Waals surface area contributed by atoms with Gasteiger partial charge in [0.25, 0.3) is 10.0 Å². The maximum atomic E-state index is 12.5. The van der Waals surface area contributed by atoms with E-state index in [0.29, 0.717) is 22.0 Å². The van der Waals surface area contributed by atoms with E-state index in [2.05, 4.69) is 10.0 Å². The number of carbonyl (C=O) groups excluding carboxylic acids is 1. The summed E-state index contributed by atoms with van der Waals surface area (Å²) in [6.45, 7) is 3.05. The van der Waals surface area contributed by atoms with Crippen molar-refractivity contribution in [3.8, 4) is 0 Å². The van der Waals surface area contributed by atoms with Gasteiger partial charge in [-0.3, -0.25) is 9.52 Å². The van der Waals surface area contributed by atoms with Crippen LogP contribution in [-0.2, 0) is 14.8 Å². The number of carbonyl (C=O) groups is 1. The molecule has 0 aliphatic carbocycles. The Labute approximate surface area is 134 Å². The third kappa shape index (κ3) is 3.99. The summed E-state index contributed by atoms with van der Waals surface area (Å²) in [6.07, 6.45) is 0. The number of halogens is 1. The molecule has 2 aromatic rings. The summed E-state index contributed by atoms with van der Waals surface area (Å²) in [5, 5.41) is 3.09. The summed E-state index contributed by atoms with van der Waals surface area (Å²) in [6, 6.07) is 11.1. The molecule has 5 nitrogen and oxygen atoms in total. The van der Waals surface area contributed by atoms with E-state index in [1.165, 1.54) is 13.0 Å². The van der Waals surface area contributed by atoms with Crippen molar-refractivity contribution in [1.82, 2.24) is 0 Å². The fourth-order valence-electron chi connectivity index (χ4n) is 1.90. The van der Waals surface area contributed by atoms with Crippen molar-refractivity contribution < 1.29 is 13.2 Å². The van der Waals surface area contributed by atoms with Crippen molar-refractivity contribution in [2.75, 3.05) is 10.0 Å². The Morgan fingerprint density at radius 2 is 1.64 bits per heavy atom. The van der Waals surface area contributed by atoms with E-state index in [9.17, 15) is 13.2 Å². The van der Waals surface area contributed by atoms with Crippen LogP contribution in [0, 0.1) is 6.92 Å². The minimum Gasteiger partial charge on any atom is -0.326 e.